The minimum absolute atomic E-state index is 0.0292. The van der Waals surface area contributed by atoms with Gasteiger partial charge in [0.1, 0.15) is 0 Å². The fraction of sp³-hybridized carbons (Fsp3) is 0.476. The van der Waals surface area contributed by atoms with Crippen molar-refractivity contribution in [2.45, 2.75) is 25.7 Å². The molecule has 27 heavy (non-hydrogen) atoms. The third-order valence-corrected chi connectivity index (χ3v) is 5.93. The van der Waals surface area contributed by atoms with Gasteiger partial charge in [-0.2, -0.15) is 0 Å². The number of hydrogen-bond acceptors (Lipinski definition) is 5. The average Bonchev–Trinajstić information content (AvgIpc) is 3.17. The molecule has 1 aliphatic carbocycles. The van der Waals surface area contributed by atoms with Crippen molar-refractivity contribution in [3.05, 3.63) is 47.3 Å². The minimum Gasteiger partial charge on any atom is -0.378 e. The standard InChI is InChI=1S/C21H24N4O2/c26-20(25-8-7-15-3-1-2-4-19(15)25)16-5-6-18-17(13-16)14-22-21(23-18)24-9-11-27-12-10-24/h1-4,14,16H,5-13H2. The van der Waals surface area contributed by atoms with Crippen LogP contribution in [0.25, 0.3) is 0 Å². The Bertz CT molecular complexity index is 863. The van der Waals surface area contributed by atoms with Crippen LogP contribution in [0, 0.1) is 5.92 Å². The molecule has 3 aliphatic rings. The van der Waals surface area contributed by atoms with E-state index in [1.807, 2.05) is 23.2 Å². The number of aryl methyl sites for hydroxylation is 1. The molecule has 2 aliphatic heterocycles. The van der Waals surface area contributed by atoms with E-state index in [-0.39, 0.29) is 11.8 Å². The molecule has 0 radical (unpaired) electrons. The van der Waals surface area contributed by atoms with Gasteiger partial charge in [-0.05, 0) is 42.9 Å². The van der Waals surface area contributed by atoms with Gasteiger partial charge in [0.15, 0.2) is 0 Å². The Morgan fingerprint density at radius 3 is 2.81 bits per heavy atom. The van der Waals surface area contributed by atoms with Crippen molar-refractivity contribution < 1.29 is 9.53 Å². The lowest BCUT2D eigenvalue weighted by Gasteiger charge is -2.30. The van der Waals surface area contributed by atoms with Crippen LogP contribution < -0.4 is 9.80 Å². The van der Waals surface area contributed by atoms with Crippen molar-refractivity contribution in [3.63, 3.8) is 0 Å². The Morgan fingerprint density at radius 2 is 1.93 bits per heavy atom. The molecule has 5 rings (SSSR count). The van der Waals surface area contributed by atoms with Crippen molar-refractivity contribution >= 4 is 17.5 Å². The van der Waals surface area contributed by atoms with Crippen LogP contribution in [-0.2, 0) is 28.8 Å². The maximum absolute atomic E-state index is 13.2. The molecule has 1 aromatic heterocycles. The van der Waals surface area contributed by atoms with E-state index in [4.69, 9.17) is 9.72 Å². The highest BCUT2D eigenvalue weighted by molar-refractivity contribution is 5.97. The number of benzene rings is 1. The van der Waals surface area contributed by atoms with Gasteiger partial charge in [0.05, 0.1) is 13.2 Å². The zero-order valence-corrected chi connectivity index (χ0v) is 15.4. The van der Waals surface area contributed by atoms with Crippen LogP contribution in [0.2, 0.25) is 0 Å². The summed E-state index contributed by atoms with van der Waals surface area (Å²) in [6.07, 6.45) is 5.35. The van der Waals surface area contributed by atoms with Crippen molar-refractivity contribution in [2.24, 2.45) is 5.92 Å². The van der Waals surface area contributed by atoms with Crippen LogP contribution in [-0.4, -0.2) is 48.7 Å². The first kappa shape index (κ1) is 16.7. The molecule has 1 unspecified atom stereocenters. The lowest BCUT2D eigenvalue weighted by atomic mass is 9.86. The molecule has 1 saturated heterocycles. The molecule has 0 saturated carbocycles. The molecule has 0 N–H and O–H groups in total. The molecule has 6 heteroatoms. The predicted molar refractivity (Wildman–Crippen MR) is 103 cm³/mol. The topological polar surface area (TPSA) is 58.6 Å². The molecule has 1 fully saturated rings. The highest BCUT2D eigenvalue weighted by atomic mass is 16.5. The maximum Gasteiger partial charge on any atom is 0.230 e. The second kappa shape index (κ2) is 6.93. The van der Waals surface area contributed by atoms with Gasteiger partial charge >= 0.3 is 0 Å². The van der Waals surface area contributed by atoms with Gasteiger partial charge in [-0.1, -0.05) is 18.2 Å². The monoisotopic (exact) mass is 364 g/mol. The maximum atomic E-state index is 13.2. The summed E-state index contributed by atoms with van der Waals surface area (Å²) < 4.78 is 5.41. The van der Waals surface area contributed by atoms with Crippen LogP contribution in [0.5, 0.6) is 0 Å². The number of rotatable bonds is 2. The van der Waals surface area contributed by atoms with Gasteiger partial charge in [0.2, 0.25) is 11.9 Å². The predicted octanol–water partition coefficient (Wildman–Crippen LogP) is 2.01. The first-order chi connectivity index (χ1) is 13.3. The molecule has 2 aromatic rings. The van der Waals surface area contributed by atoms with Crippen molar-refractivity contribution in [3.8, 4) is 0 Å². The number of anilines is 2. The van der Waals surface area contributed by atoms with E-state index in [2.05, 4.69) is 22.0 Å². The van der Waals surface area contributed by atoms with Gasteiger partial charge in [-0.3, -0.25) is 4.79 Å². The van der Waals surface area contributed by atoms with Gasteiger partial charge in [0, 0.05) is 43.1 Å². The highest BCUT2D eigenvalue weighted by Crippen LogP contribution is 2.32. The largest absolute Gasteiger partial charge is 0.378 e. The average molecular weight is 364 g/mol. The Labute approximate surface area is 159 Å². The van der Waals surface area contributed by atoms with E-state index in [0.29, 0.717) is 0 Å². The summed E-state index contributed by atoms with van der Waals surface area (Å²) in [5, 5.41) is 0. The van der Waals surface area contributed by atoms with Gasteiger partial charge in [0.25, 0.3) is 0 Å². The Hall–Kier alpha value is -2.47. The first-order valence-electron chi connectivity index (χ1n) is 9.86. The van der Waals surface area contributed by atoms with Crippen LogP contribution in [0.3, 0.4) is 0 Å². The number of carbonyl (C=O) groups excluding carboxylic acids is 1. The second-order valence-electron chi connectivity index (χ2n) is 7.55. The van der Waals surface area contributed by atoms with Crippen LogP contribution in [0.4, 0.5) is 11.6 Å². The van der Waals surface area contributed by atoms with E-state index >= 15 is 0 Å². The summed E-state index contributed by atoms with van der Waals surface area (Å²) in [6, 6.07) is 8.25. The number of aromatic nitrogens is 2. The third kappa shape index (κ3) is 3.08. The molecule has 6 nitrogen and oxygen atoms in total. The van der Waals surface area contributed by atoms with E-state index in [0.717, 1.165) is 81.4 Å². The number of amides is 1. The molecule has 0 spiro atoms. The lowest BCUT2D eigenvalue weighted by Crippen LogP contribution is -2.39. The van der Waals surface area contributed by atoms with E-state index < -0.39 is 0 Å². The number of carbonyl (C=O) groups is 1. The molecular formula is C21H24N4O2. The third-order valence-electron chi connectivity index (χ3n) is 5.93. The zero-order valence-electron chi connectivity index (χ0n) is 15.4. The number of para-hydroxylation sites is 1. The van der Waals surface area contributed by atoms with E-state index in [1.165, 1.54) is 5.56 Å². The summed E-state index contributed by atoms with van der Waals surface area (Å²) in [7, 11) is 0. The van der Waals surface area contributed by atoms with Crippen LogP contribution in [0.15, 0.2) is 30.5 Å². The van der Waals surface area contributed by atoms with Crippen molar-refractivity contribution in [1.29, 1.82) is 0 Å². The molecule has 1 aromatic carbocycles. The van der Waals surface area contributed by atoms with Gasteiger partial charge in [-0.25, -0.2) is 9.97 Å². The van der Waals surface area contributed by atoms with Gasteiger partial charge < -0.3 is 14.5 Å². The molecule has 1 amide bonds. The SMILES string of the molecule is O=C(C1CCc2nc(N3CCOCC3)ncc2C1)N1CCc2ccccc21. The van der Waals surface area contributed by atoms with Crippen LogP contribution >= 0.6 is 0 Å². The summed E-state index contributed by atoms with van der Waals surface area (Å²) in [5.41, 5.74) is 4.61. The summed E-state index contributed by atoms with van der Waals surface area (Å²) in [5.74, 6) is 1.08. The normalized spacial score (nSPS) is 21.7. The molecule has 0 bridgehead atoms. The lowest BCUT2D eigenvalue weighted by molar-refractivity contribution is -0.122. The minimum atomic E-state index is 0.0292. The van der Waals surface area contributed by atoms with Gasteiger partial charge in [-0.15, -0.1) is 0 Å². The molecule has 140 valence electrons. The Balaban J connectivity index is 1.32. The van der Waals surface area contributed by atoms with Crippen molar-refractivity contribution in [2.75, 3.05) is 42.6 Å². The quantitative estimate of drug-likeness (QED) is 0.816. The molecular weight excluding hydrogens is 340 g/mol. The highest BCUT2D eigenvalue weighted by Gasteiger charge is 2.33. The number of morpholine rings is 1. The summed E-state index contributed by atoms with van der Waals surface area (Å²) in [6.45, 7) is 3.94. The van der Waals surface area contributed by atoms with Crippen LogP contribution in [0.1, 0.15) is 23.2 Å². The summed E-state index contributed by atoms with van der Waals surface area (Å²) in [4.78, 5) is 26.7. The molecule has 3 heterocycles. The second-order valence-corrected chi connectivity index (χ2v) is 7.55. The zero-order chi connectivity index (χ0) is 18.2. The number of fused-ring (bicyclic) bond motifs is 2. The first-order valence-corrected chi connectivity index (χ1v) is 9.86. The summed E-state index contributed by atoms with van der Waals surface area (Å²) >= 11 is 0. The van der Waals surface area contributed by atoms with E-state index in [9.17, 15) is 4.79 Å². The molecule has 1 atom stereocenters. The Morgan fingerprint density at radius 1 is 1.07 bits per heavy atom. The smallest absolute Gasteiger partial charge is 0.230 e. The number of ether oxygens (including phenoxy) is 1. The number of nitrogens with zero attached hydrogens (tertiary/aromatic N) is 4. The van der Waals surface area contributed by atoms with E-state index in [1.54, 1.807) is 0 Å². The fourth-order valence-electron chi connectivity index (χ4n) is 4.41. The number of hydrogen-bond donors (Lipinski definition) is 0. The van der Waals surface area contributed by atoms with Crippen molar-refractivity contribution in [1.82, 2.24) is 9.97 Å². The fourth-order valence-corrected chi connectivity index (χ4v) is 4.41. The Kier molecular flexibility index (Phi) is 4.28.